The van der Waals surface area contributed by atoms with Crippen LogP contribution in [-0.4, -0.2) is 35.1 Å². The highest BCUT2D eigenvalue weighted by Crippen LogP contribution is 2.62. The van der Waals surface area contributed by atoms with Crippen LogP contribution in [0, 0.1) is 17.3 Å². The van der Waals surface area contributed by atoms with Crippen molar-refractivity contribution in [2.75, 3.05) is 12.9 Å². The first-order valence-electron chi connectivity index (χ1n) is 11.9. The molecule has 1 heterocycles. The Balaban J connectivity index is 1.67. The molecule has 0 amide bonds. The number of thioether (sulfide) groups is 1. The Morgan fingerprint density at radius 3 is 2.67 bits per heavy atom. The van der Waals surface area contributed by atoms with Crippen molar-refractivity contribution in [1.29, 1.82) is 0 Å². The zero-order valence-corrected chi connectivity index (χ0v) is 20.2. The van der Waals surface area contributed by atoms with Gasteiger partial charge in [-0.3, -0.25) is 9.59 Å². The van der Waals surface area contributed by atoms with E-state index in [0.29, 0.717) is 19.4 Å². The Morgan fingerprint density at radius 2 is 1.97 bits per heavy atom. The topological polar surface area (TPSA) is 63.6 Å². The molecule has 1 saturated carbocycles. The van der Waals surface area contributed by atoms with Crippen LogP contribution in [0.1, 0.15) is 57.1 Å². The van der Waals surface area contributed by atoms with Crippen molar-refractivity contribution in [3.63, 3.8) is 0 Å². The van der Waals surface area contributed by atoms with Crippen LogP contribution in [0.15, 0.2) is 64.6 Å². The molecule has 0 radical (unpaired) electrons. The molecule has 1 aromatic carbocycles. The van der Waals surface area contributed by atoms with Crippen LogP contribution in [0.25, 0.3) is 0 Å². The van der Waals surface area contributed by atoms with E-state index in [-0.39, 0.29) is 29.5 Å². The van der Waals surface area contributed by atoms with E-state index in [2.05, 4.69) is 37.1 Å². The zero-order valence-electron chi connectivity index (χ0n) is 19.4. The Morgan fingerprint density at radius 1 is 1.21 bits per heavy atom. The molecular weight excluding hydrogens is 432 g/mol. The van der Waals surface area contributed by atoms with E-state index in [1.54, 1.807) is 11.8 Å². The number of ketones is 2. The lowest BCUT2D eigenvalue weighted by Crippen LogP contribution is -2.53. The van der Waals surface area contributed by atoms with Gasteiger partial charge in [-0.25, -0.2) is 0 Å². The van der Waals surface area contributed by atoms with E-state index in [9.17, 15) is 14.7 Å². The van der Waals surface area contributed by atoms with Crippen LogP contribution in [0.4, 0.5) is 0 Å². The molecule has 5 rings (SSSR count). The fraction of sp³-hybridized carbons (Fsp3) is 0.500. The molecule has 2 unspecified atom stereocenters. The van der Waals surface area contributed by atoms with Crippen molar-refractivity contribution in [2.45, 2.75) is 62.0 Å². The first-order valence-corrected chi connectivity index (χ1v) is 13.2. The second-order valence-corrected chi connectivity index (χ2v) is 11.1. The molecule has 4 nitrogen and oxygen atoms in total. The minimum Gasteiger partial charge on any atom is -0.381 e. The number of fused-ring (bicyclic) bond motifs is 4. The molecule has 1 N–H and O–H groups in total. The number of rotatable bonds is 4. The summed E-state index contributed by atoms with van der Waals surface area (Å²) in [5.41, 5.74) is 2.67. The summed E-state index contributed by atoms with van der Waals surface area (Å²) in [6.45, 7) is 6.01. The van der Waals surface area contributed by atoms with E-state index >= 15 is 0 Å². The number of carbonyl (C=O) groups excluding carboxylic acids is 2. The number of carbonyl (C=O) groups is 2. The lowest BCUT2D eigenvalue weighted by Gasteiger charge is -2.43. The maximum absolute atomic E-state index is 12.9. The highest BCUT2D eigenvalue weighted by molar-refractivity contribution is 7.98. The third-order valence-corrected chi connectivity index (χ3v) is 9.47. The molecule has 0 bridgehead atoms. The van der Waals surface area contributed by atoms with Gasteiger partial charge in [0.25, 0.3) is 0 Å². The normalized spacial score (nSPS) is 35.8. The van der Waals surface area contributed by atoms with Gasteiger partial charge in [0.2, 0.25) is 0 Å². The summed E-state index contributed by atoms with van der Waals surface area (Å²) in [5, 5.41) is 11.6. The molecule has 1 saturated heterocycles. The van der Waals surface area contributed by atoms with Crippen LogP contribution < -0.4 is 0 Å². The van der Waals surface area contributed by atoms with Gasteiger partial charge in [0.05, 0.1) is 6.61 Å². The van der Waals surface area contributed by atoms with Crippen LogP contribution >= 0.6 is 11.8 Å². The van der Waals surface area contributed by atoms with E-state index in [1.165, 1.54) is 22.1 Å². The standard InChI is InChI=1S/C28H32O4S/c1-4-24(30)28(31)14-13-23-22-11-7-18-15-19(29)8-12-21(18)25(22)26(32-16-27(23,28)2)17-5-9-20(33-3)10-6-17/h4-6,9-10,15,22-23,26,31H,1,7-8,11-14,16H2,2-3H3/t22?,23?,26-,27+,28-/m1/s1. The monoisotopic (exact) mass is 464 g/mol. The molecule has 0 spiro atoms. The van der Waals surface area contributed by atoms with Gasteiger partial charge < -0.3 is 9.84 Å². The molecule has 5 heteroatoms. The van der Waals surface area contributed by atoms with Crippen molar-refractivity contribution in [2.24, 2.45) is 17.3 Å². The molecule has 5 atom stereocenters. The third kappa shape index (κ3) is 3.43. The summed E-state index contributed by atoms with van der Waals surface area (Å²) < 4.78 is 6.69. The fourth-order valence-corrected chi connectivity index (χ4v) is 7.31. The Bertz CT molecular complexity index is 1070. The zero-order chi connectivity index (χ0) is 23.4. The van der Waals surface area contributed by atoms with Gasteiger partial charge in [0, 0.05) is 16.7 Å². The second-order valence-electron chi connectivity index (χ2n) is 10.2. The first-order chi connectivity index (χ1) is 15.8. The van der Waals surface area contributed by atoms with Crippen molar-refractivity contribution in [3.8, 4) is 0 Å². The van der Waals surface area contributed by atoms with Crippen LogP contribution in [0.3, 0.4) is 0 Å². The molecule has 0 aromatic heterocycles. The molecule has 4 aliphatic rings. The lowest BCUT2D eigenvalue weighted by molar-refractivity contribution is -0.154. The Hall–Kier alpha value is -1.95. The maximum atomic E-state index is 12.9. The predicted octanol–water partition coefficient (Wildman–Crippen LogP) is 5.38. The minimum absolute atomic E-state index is 0.142. The molecule has 1 aliphatic heterocycles. The van der Waals surface area contributed by atoms with Gasteiger partial charge in [-0.1, -0.05) is 25.6 Å². The average molecular weight is 465 g/mol. The van der Waals surface area contributed by atoms with Gasteiger partial charge >= 0.3 is 0 Å². The highest BCUT2D eigenvalue weighted by atomic mass is 32.2. The first kappa shape index (κ1) is 22.8. The maximum Gasteiger partial charge on any atom is 0.187 e. The summed E-state index contributed by atoms with van der Waals surface area (Å²) in [4.78, 5) is 26.3. The summed E-state index contributed by atoms with van der Waals surface area (Å²) in [6.07, 6.45) is 9.23. The smallest absolute Gasteiger partial charge is 0.187 e. The number of ether oxygens (including phenoxy) is 1. The summed E-state index contributed by atoms with van der Waals surface area (Å²) >= 11 is 1.71. The number of hydrogen-bond acceptors (Lipinski definition) is 5. The third-order valence-electron chi connectivity index (χ3n) is 8.73. The van der Waals surface area contributed by atoms with Crippen LogP contribution in [0.2, 0.25) is 0 Å². The molecule has 2 fully saturated rings. The molecular formula is C28H32O4S. The van der Waals surface area contributed by atoms with Gasteiger partial charge in [-0.05, 0) is 96.8 Å². The molecule has 33 heavy (non-hydrogen) atoms. The molecule has 3 aliphatic carbocycles. The van der Waals surface area contributed by atoms with Crippen LogP contribution in [-0.2, 0) is 14.3 Å². The van der Waals surface area contributed by atoms with Gasteiger partial charge in [0.1, 0.15) is 11.7 Å². The molecule has 1 aromatic rings. The van der Waals surface area contributed by atoms with Crippen molar-refractivity contribution in [1.82, 2.24) is 0 Å². The van der Waals surface area contributed by atoms with E-state index in [0.717, 1.165) is 36.8 Å². The summed E-state index contributed by atoms with van der Waals surface area (Å²) in [5.74, 6) is 0.269. The fourth-order valence-electron chi connectivity index (χ4n) is 6.90. The summed E-state index contributed by atoms with van der Waals surface area (Å²) in [6, 6.07) is 8.52. The number of aliphatic hydroxyl groups is 1. The van der Waals surface area contributed by atoms with E-state index in [4.69, 9.17) is 4.74 Å². The SMILES string of the molecule is C=CC(=O)[C@]1(O)CCC2C3CCC4=CC(=O)CCC4=C3[C@@H](c3ccc(SC)cc3)OC[C@@]21C. The Kier molecular flexibility index (Phi) is 5.79. The van der Waals surface area contributed by atoms with E-state index < -0.39 is 11.0 Å². The van der Waals surface area contributed by atoms with Gasteiger partial charge in [0.15, 0.2) is 11.6 Å². The van der Waals surface area contributed by atoms with Crippen LogP contribution in [0.5, 0.6) is 0 Å². The second kappa shape index (κ2) is 8.37. The van der Waals surface area contributed by atoms with Gasteiger partial charge in [-0.2, -0.15) is 0 Å². The largest absolute Gasteiger partial charge is 0.381 e. The number of hydrogen-bond donors (Lipinski definition) is 1. The van der Waals surface area contributed by atoms with Crippen molar-refractivity contribution in [3.05, 3.63) is 65.3 Å². The quantitative estimate of drug-likeness (QED) is 0.479. The number of benzene rings is 1. The van der Waals surface area contributed by atoms with E-state index in [1.807, 2.05) is 13.0 Å². The summed E-state index contributed by atoms with van der Waals surface area (Å²) in [7, 11) is 0. The molecule has 174 valence electrons. The van der Waals surface area contributed by atoms with Crippen molar-refractivity contribution < 1.29 is 19.4 Å². The Labute approximate surface area is 200 Å². The lowest BCUT2D eigenvalue weighted by atomic mass is 9.61. The average Bonchev–Trinajstić information content (AvgIpc) is 3.01. The highest BCUT2D eigenvalue weighted by Gasteiger charge is 2.63. The predicted molar refractivity (Wildman–Crippen MR) is 130 cm³/mol. The van der Waals surface area contributed by atoms with Gasteiger partial charge in [-0.15, -0.1) is 11.8 Å². The number of allylic oxidation sites excluding steroid dienone is 3. The van der Waals surface area contributed by atoms with Crippen molar-refractivity contribution >= 4 is 23.3 Å². The minimum atomic E-state index is -1.45.